The van der Waals surface area contributed by atoms with Gasteiger partial charge >= 0.3 is 0 Å². The Kier molecular flexibility index (Phi) is 3.47. The normalized spacial score (nSPS) is 24.1. The lowest BCUT2D eigenvalue weighted by atomic mass is 10.1. The zero-order valence-electron chi connectivity index (χ0n) is 10.4. The molecule has 100 valence electrons. The number of benzene rings is 1. The number of halogens is 1. The van der Waals surface area contributed by atoms with Crippen molar-refractivity contribution < 1.29 is 9.59 Å². The molecule has 1 aromatic rings. The van der Waals surface area contributed by atoms with Crippen molar-refractivity contribution in [2.24, 2.45) is 5.92 Å². The molecule has 1 unspecified atom stereocenters. The van der Waals surface area contributed by atoms with Crippen molar-refractivity contribution in [2.75, 3.05) is 11.4 Å². The molecule has 1 atom stereocenters. The predicted molar refractivity (Wildman–Crippen MR) is 80.8 cm³/mol. The van der Waals surface area contributed by atoms with E-state index in [0.717, 1.165) is 22.1 Å². The van der Waals surface area contributed by atoms with Gasteiger partial charge in [-0.1, -0.05) is 12.1 Å². The molecule has 1 aliphatic carbocycles. The standard InChI is InChI=1S/C14H15IN2O2/c15-10-3-1-2-4-11(10)17-8-7-12(18)16-13(14(17)19)9-5-6-9/h1-4,9,13H,5-8H2,(H,16,18). The van der Waals surface area contributed by atoms with Gasteiger partial charge in [0.1, 0.15) is 6.04 Å². The number of carbonyl (C=O) groups is 2. The summed E-state index contributed by atoms with van der Waals surface area (Å²) in [5, 5.41) is 2.88. The third-order valence-corrected chi connectivity index (χ3v) is 4.56. The number of hydrogen-bond donors (Lipinski definition) is 1. The predicted octanol–water partition coefficient (Wildman–Crippen LogP) is 1.92. The molecule has 2 aliphatic rings. The van der Waals surface area contributed by atoms with Gasteiger partial charge in [-0.05, 0) is 53.5 Å². The molecule has 2 amide bonds. The highest BCUT2D eigenvalue weighted by molar-refractivity contribution is 14.1. The van der Waals surface area contributed by atoms with Crippen LogP contribution in [0.5, 0.6) is 0 Å². The van der Waals surface area contributed by atoms with E-state index in [0.29, 0.717) is 18.9 Å². The smallest absolute Gasteiger partial charge is 0.249 e. The molecule has 1 aromatic carbocycles. The van der Waals surface area contributed by atoms with Crippen LogP contribution in [0.25, 0.3) is 0 Å². The number of nitrogens with zero attached hydrogens (tertiary/aromatic N) is 1. The van der Waals surface area contributed by atoms with Crippen LogP contribution >= 0.6 is 22.6 Å². The van der Waals surface area contributed by atoms with E-state index >= 15 is 0 Å². The Balaban J connectivity index is 1.93. The van der Waals surface area contributed by atoms with Gasteiger partial charge in [-0.25, -0.2) is 0 Å². The molecule has 2 fully saturated rings. The summed E-state index contributed by atoms with van der Waals surface area (Å²) in [7, 11) is 0. The number of anilines is 1. The second-order valence-corrected chi connectivity index (χ2v) is 6.24. The Labute approximate surface area is 125 Å². The second-order valence-electron chi connectivity index (χ2n) is 5.07. The Bertz CT molecular complexity index is 528. The van der Waals surface area contributed by atoms with Gasteiger partial charge in [0.25, 0.3) is 0 Å². The number of hydrogen-bond acceptors (Lipinski definition) is 2. The monoisotopic (exact) mass is 370 g/mol. The van der Waals surface area contributed by atoms with E-state index in [1.54, 1.807) is 4.90 Å². The number of amides is 2. The SMILES string of the molecule is O=C1CCN(c2ccccc2I)C(=O)C(C2CC2)N1. The summed E-state index contributed by atoms with van der Waals surface area (Å²) in [6.07, 6.45) is 2.45. The fourth-order valence-electron chi connectivity index (χ4n) is 2.46. The van der Waals surface area contributed by atoms with E-state index in [9.17, 15) is 9.59 Å². The van der Waals surface area contributed by atoms with Crippen molar-refractivity contribution in [2.45, 2.75) is 25.3 Å². The average Bonchev–Trinajstić information content (AvgIpc) is 3.21. The maximum Gasteiger partial charge on any atom is 0.249 e. The first kappa shape index (κ1) is 12.9. The number of para-hydroxylation sites is 1. The summed E-state index contributed by atoms with van der Waals surface area (Å²) in [4.78, 5) is 26.1. The Morgan fingerprint density at radius 2 is 1.95 bits per heavy atom. The van der Waals surface area contributed by atoms with Crippen molar-refractivity contribution in [3.63, 3.8) is 0 Å². The molecule has 5 heteroatoms. The lowest BCUT2D eigenvalue weighted by Gasteiger charge is -2.25. The van der Waals surface area contributed by atoms with Crippen molar-refractivity contribution in [3.05, 3.63) is 27.8 Å². The molecule has 0 spiro atoms. The molecule has 1 saturated heterocycles. The third kappa shape index (κ3) is 2.61. The zero-order chi connectivity index (χ0) is 13.4. The fraction of sp³-hybridized carbons (Fsp3) is 0.429. The molecule has 3 rings (SSSR count). The van der Waals surface area contributed by atoms with Crippen LogP contribution in [-0.2, 0) is 9.59 Å². The molecule has 1 aliphatic heterocycles. The van der Waals surface area contributed by atoms with Crippen LogP contribution in [0.1, 0.15) is 19.3 Å². The summed E-state index contributed by atoms with van der Waals surface area (Å²) in [6, 6.07) is 7.48. The topological polar surface area (TPSA) is 49.4 Å². The van der Waals surface area contributed by atoms with Crippen LogP contribution < -0.4 is 10.2 Å². The maximum atomic E-state index is 12.6. The number of nitrogens with one attached hydrogen (secondary N) is 1. The summed E-state index contributed by atoms with van der Waals surface area (Å²) < 4.78 is 1.04. The van der Waals surface area contributed by atoms with Gasteiger partial charge in [-0.2, -0.15) is 0 Å². The summed E-state index contributed by atoms with van der Waals surface area (Å²) in [6.45, 7) is 0.466. The molecule has 1 N–H and O–H groups in total. The first-order valence-corrected chi connectivity index (χ1v) is 7.60. The van der Waals surface area contributed by atoms with Crippen molar-refractivity contribution >= 4 is 40.1 Å². The van der Waals surface area contributed by atoms with Gasteiger partial charge in [-0.15, -0.1) is 0 Å². The van der Waals surface area contributed by atoms with Crippen LogP contribution in [-0.4, -0.2) is 24.4 Å². The van der Waals surface area contributed by atoms with E-state index in [-0.39, 0.29) is 17.9 Å². The summed E-state index contributed by atoms with van der Waals surface area (Å²) >= 11 is 2.23. The highest BCUT2D eigenvalue weighted by Crippen LogP contribution is 2.35. The molecule has 0 bridgehead atoms. The first-order chi connectivity index (χ1) is 9.16. The van der Waals surface area contributed by atoms with E-state index in [4.69, 9.17) is 0 Å². The molecular weight excluding hydrogens is 355 g/mol. The molecule has 19 heavy (non-hydrogen) atoms. The van der Waals surface area contributed by atoms with Gasteiger partial charge in [0, 0.05) is 16.5 Å². The maximum absolute atomic E-state index is 12.6. The van der Waals surface area contributed by atoms with E-state index in [1.165, 1.54) is 0 Å². The van der Waals surface area contributed by atoms with Crippen molar-refractivity contribution in [1.29, 1.82) is 0 Å². The molecular formula is C14H15IN2O2. The third-order valence-electron chi connectivity index (χ3n) is 3.65. The highest BCUT2D eigenvalue weighted by Gasteiger charge is 2.41. The second kappa shape index (κ2) is 5.11. The van der Waals surface area contributed by atoms with Crippen LogP contribution in [0.2, 0.25) is 0 Å². The Morgan fingerprint density at radius 1 is 1.21 bits per heavy atom. The van der Waals surface area contributed by atoms with Crippen LogP contribution in [0.3, 0.4) is 0 Å². The molecule has 1 heterocycles. The molecule has 4 nitrogen and oxygen atoms in total. The Hall–Kier alpha value is -1.11. The number of carbonyl (C=O) groups excluding carboxylic acids is 2. The molecule has 1 saturated carbocycles. The zero-order valence-corrected chi connectivity index (χ0v) is 12.6. The molecule has 0 radical (unpaired) electrons. The largest absolute Gasteiger partial charge is 0.344 e. The highest BCUT2D eigenvalue weighted by atomic mass is 127. The van der Waals surface area contributed by atoms with Gasteiger partial charge < -0.3 is 10.2 Å². The summed E-state index contributed by atoms with van der Waals surface area (Å²) in [5.74, 6) is 0.356. The van der Waals surface area contributed by atoms with Crippen LogP contribution in [0.15, 0.2) is 24.3 Å². The van der Waals surface area contributed by atoms with Gasteiger partial charge in [0.2, 0.25) is 11.8 Å². The van der Waals surface area contributed by atoms with E-state index in [1.807, 2.05) is 24.3 Å². The fourth-order valence-corrected chi connectivity index (χ4v) is 3.14. The number of rotatable bonds is 2. The first-order valence-electron chi connectivity index (χ1n) is 6.52. The van der Waals surface area contributed by atoms with Crippen LogP contribution in [0.4, 0.5) is 5.69 Å². The van der Waals surface area contributed by atoms with E-state index < -0.39 is 0 Å². The Morgan fingerprint density at radius 3 is 2.63 bits per heavy atom. The van der Waals surface area contributed by atoms with E-state index in [2.05, 4.69) is 27.9 Å². The van der Waals surface area contributed by atoms with Crippen LogP contribution in [0, 0.1) is 9.49 Å². The minimum absolute atomic E-state index is 0.0151. The average molecular weight is 370 g/mol. The molecule has 0 aromatic heterocycles. The minimum atomic E-state index is -0.328. The van der Waals surface area contributed by atoms with Gasteiger partial charge in [0.05, 0.1) is 5.69 Å². The summed E-state index contributed by atoms with van der Waals surface area (Å²) in [5.41, 5.74) is 0.912. The lowest BCUT2D eigenvalue weighted by molar-refractivity contribution is -0.126. The van der Waals surface area contributed by atoms with Crippen molar-refractivity contribution in [1.82, 2.24) is 5.32 Å². The minimum Gasteiger partial charge on any atom is -0.344 e. The quantitative estimate of drug-likeness (QED) is 0.809. The van der Waals surface area contributed by atoms with Gasteiger partial charge in [-0.3, -0.25) is 9.59 Å². The van der Waals surface area contributed by atoms with Crippen molar-refractivity contribution in [3.8, 4) is 0 Å². The van der Waals surface area contributed by atoms with Gasteiger partial charge in [0.15, 0.2) is 0 Å². The lowest BCUT2D eigenvalue weighted by Crippen LogP contribution is -2.46.